The molecule has 4 nitrogen and oxygen atoms in total. The largest absolute Gasteiger partial charge is 0.417 e. The van der Waals surface area contributed by atoms with Crippen LogP contribution in [-0.2, 0) is 11.0 Å². The van der Waals surface area contributed by atoms with Crippen molar-refractivity contribution in [2.75, 3.05) is 25.0 Å². The van der Waals surface area contributed by atoms with Gasteiger partial charge in [0.25, 0.3) is 0 Å². The van der Waals surface area contributed by atoms with Crippen LogP contribution in [0, 0.1) is 11.3 Å². The van der Waals surface area contributed by atoms with E-state index in [4.69, 9.17) is 5.26 Å². The summed E-state index contributed by atoms with van der Waals surface area (Å²) in [5.41, 5.74) is -1.10. The zero-order valence-corrected chi connectivity index (χ0v) is 11.2. The first-order valence-electron chi connectivity index (χ1n) is 6.55. The lowest BCUT2D eigenvalue weighted by atomic mass is 10.1. The van der Waals surface area contributed by atoms with Crippen LogP contribution in [0.2, 0.25) is 0 Å². The smallest absolute Gasteiger partial charge is 0.376 e. The highest BCUT2D eigenvalue weighted by atomic mass is 19.4. The topological polar surface area (TPSA) is 56.1 Å². The number of hydrogen-bond acceptors (Lipinski definition) is 3. The molecule has 0 radical (unpaired) electrons. The quantitative estimate of drug-likeness (QED) is 0.933. The molecular weight excluding hydrogens is 283 g/mol. The average Bonchev–Trinajstić information content (AvgIpc) is 2.97. The van der Waals surface area contributed by atoms with Crippen molar-refractivity contribution in [2.24, 2.45) is 0 Å². The van der Waals surface area contributed by atoms with Crippen molar-refractivity contribution in [3.8, 4) is 6.07 Å². The molecule has 0 aromatic heterocycles. The minimum absolute atomic E-state index is 0.0102. The lowest BCUT2D eigenvalue weighted by Crippen LogP contribution is -2.33. The Morgan fingerprint density at radius 1 is 1.33 bits per heavy atom. The number of benzene rings is 1. The lowest BCUT2D eigenvalue weighted by molar-refractivity contribution is -0.137. The number of halogens is 3. The first kappa shape index (κ1) is 15.2. The van der Waals surface area contributed by atoms with Crippen LogP contribution < -0.4 is 5.32 Å². The first-order chi connectivity index (χ1) is 9.91. The Bertz CT molecular complexity index is 572. The van der Waals surface area contributed by atoms with Crippen molar-refractivity contribution >= 4 is 11.6 Å². The molecule has 1 aliphatic rings. The molecule has 0 aliphatic carbocycles. The van der Waals surface area contributed by atoms with Gasteiger partial charge in [0.05, 0.1) is 23.7 Å². The summed E-state index contributed by atoms with van der Waals surface area (Å²) in [6.07, 6.45) is -2.61. The van der Waals surface area contributed by atoms with Gasteiger partial charge in [-0.15, -0.1) is 0 Å². The predicted molar refractivity (Wildman–Crippen MR) is 70.5 cm³/mol. The summed E-state index contributed by atoms with van der Waals surface area (Å²) in [6, 6.07) is 4.71. The predicted octanol–water partition coefficient (Wildman–Crippen LogP) is 2.61. The van der Waals surface area contributed by atoms with E-state index in [1.54, 1.807) is 4.90 Å². The number of carbonyl (C=O) groups is 1. The Balaban J connectivity index is 2.04. The van der Waals surface area contributed by atoms with Crippen LogP contribution in [0.15, 0.2) is 18.2 Å². The van der Waals surface area contributed by atoms with Crippen molar-refractivity contribution in [1.82, 2.24) is 4.90 Å². The summed E-state index contributed by atoms with van der Waals surface area (Å²) in [5, 5.41) is 11.6. The number of hydrogen-bond donors (Lipinski definition) is 1. The van der Waals surface area contributed by atoms with Gasteiger partial charge < -0.3 is 10.2 Å². The molecule has 1 fully saturated rings. The Morgan fingerprint density at radius 2 is 2.00 bits per heavy atom. The molecule has 1 heterocycles. The molecule has 1 aliphatic heterocycles. The number of nitrogens with zero attached hydrogens (tertiary/aromatic N) is 2. The van der Waals surface area contributed by atoms with Gasteiger partial charge in [-0.1, -0.05) is 0 Å². The summed E-state index contributed by atoms with van der Waals surface area (Å²) < 4.78 is 38.0. The fraction of sp³-hybridized carbons (Fsp3) is 0.429. The standard InChI is InChI=1S/C14H14F3N3O/c15-14(16,17)12-4-3-11(7-10(12)8-18)19-9-13(21)20-5-1-2-6-20/h3-4,7,19H,1-2,5-6,9H2. The molecule has 1 aromatic rings. The van der Waals surface area contributed by atoms with E-state index in [2.05, 4.69) is 5.32 Å². The molecule has 0 bridgehead atoms. The summed E-state index contributed by atoms with van der Waals surface area (Å²) in [6.45, 7) is 1.45. The van der Waals surface area contributed by atoms with E-state index in [-0.39, 0.29) is 12.5 Å². The third-order valence-electron chi connectivity index (χ3n) is 3.35. The van der Waals surface area contributed by atoms with E-state index in [0.29, 0.717) is 5.69 Å². The fourth-order valence-corrected chi connectivity index (χ4v) is 2.25. The van der Waals surface area contributed by atoms with Crippen LogP contribution in [-0.4, -0.2) is 30.4 Å². The maximum Gasteiger partial charge on any atom is 0.417 e. The highest BCUT2D eigenvalue weighted by molar-refractivity contribution is 5.81. The van der Waals surface area contributed by atoms with Gasteiger partial charge in [0.2, 0.25) is 5.91 Å². The molecule has 1 aromatic carbocycles. The summed E-state index contributed by atoms with van der Waals surface area (Å²) in [7, 11) is 0. The third kappa shape index (κ3) is 3.66. The number of likely N-dealkylation sites (tertiary alicyclic amines) is 1. The molecule has 0 unspecified atom stereocenters. The molecule has 112 valence electrons. The van der Waals surface area contributed by atoms with E-state index in [1.165, 1.54) is 12.1 Å². The summed E-state index contributed by atoms with van der Waals surface area (Å²) in [4.78, 5) is 13.5. The van der Waals surface area contributed by atoms with Crippen LogP contribution in [0.25, 0.3) is 0 Å². The normalized spacial score (nSPS) is 14.9. The van der Waals surface area contributed by atoms with Crippen molar-refractivity contribution in [2.45, 2.75) is 19.0 Å². The van der Waals surface area contributed by atoms with Crippen LogP contribution in [0.3, 0.4) is 0 Å². The second-order valence-electron chi connectivity index (χ2n) is 4.81. The minimum atomic E-state index is -4.56. The Kier molecular flexibility index (Phi) is 4.36. The van der Waals surface area contributed by atoms with E-state index in [9.17, 15) is 18.0 Å². The molecule has 1 amide bonds. The van der Waals surface area contributed by atoms with E-state index >= 15 is 0 Å². The van der Waals surface area contributed by atoms with Crippen molar-refractivity contribution in [1.29, 1.82) is 5.26 Å². The van der Waals surface area contributed by atoms with Gasteiger partial charge in [-0.3, -0.25) is 4.79 Å². The number of amides is 1. The Morgan fingerprint density at radius 3 is 2.57 bits per heavy atom. The van der Waals surface area contributed by atoms with Crippen molar-refractivity contribution in [3.63, 3.8) is 0 Å². The second kappa shape index (κ2) is 6.04. The number of anilines is 1. The van der Waals surface area contributed by atoms with Gasteiger partial charge in [0.1, 0.15) is 0 Å². The summed E-state index contributed by atoms with van der Waals surface area (Å²) in [5.74, 6) is -0.0918. The molecular formula is C14H14F3N3O. The Labute approximate surface area is 120 Å². The average molecular weight is 297 g/mol. The van der Waals surface area contributed by atoms with Gasteiger partial charge >= 0.3 is 6.18 Å². The van der Waals surface area contributed by atoms with Crippen LogP contribution in [0.5, 0.6) is 0 Å². The number of nitriles is 1. The fourth-order valence-electron chi connectivity index (χ4n) is 2.25. The highest BCUT2D eigenvalue weighted by Crippen LogP contribution is 2.32. The van der Waals surface area contributed by atoms with Crippen molar-refractivity contribution < 1.29 is 18.0 Å². The van der Waals surface area contributed by atoms with Crippen LogP contribution in [0.1, 0.15) is 24.0 Å². The highest BCUT2D eigenvalue weighted by Gasteiger charge is 2.33. The zero-order valence-electron chi connectivity index (χ0n) is 11.2. The molecule has 0 spiro atoms. The van der Waals surface area contributed by atoms with Gasteiger partial charge in [0, 0.05) is 18.8 Å². The molecule has 1 saturated heterocycles. The van der Waals surface area contributed by atoms with E-state index in [0.717, 1.165) is 38.1 Å². The third-order valence-corrected chi connectivity index (χ3v) is 3.35. The maximum atomic E-state index is 12.7. The monoisotopic (exact) mass is 297 g/mol. The van der Waals surface area contributed by atoms with Gasteiger partial charge in [-0.25, -0.2) is 0 Å². The van der Waals surface area contributed by atoms with Gasteiger partial charge in [-0.05, 0) is 31.0 Å². The van der Waals surface area contributed by atoms with Gasteiger partial charge in [0.15, 0.2) is 0 Å². The molecule has 0 saturated carbocycles. The van der Waals surface area contributed by atoms with Gasteiger partial charge in [-0.2, -0.15) is 18.4 Å². The number of carbonyl (C=O) groups excluding carboxylic acids is 1. The summed E-state index contributed by atoms with van der Waals surface area (Å²) >= 11 is 0. The number of rotatable bonds is 3. The number of nitrogens with one attached hydrogen (secondary N) is 1. The minimum Gasteiger partial charge on any atom is -0.376 e. The van der Waals surface area contributed by atoms with Crippen molar-refractivity contribution in [3.05, 3.63) is 29.3 Å². The first-order valence-corrected chi connectivity index (χ1v) is 6.55. The van der Waals surface area contributed by atoms with Crippen LogP contribution >= 0.6 is 0 Å². The molecule has 7 heteroatoms. The second-order valence-corrected chi connectivity index (χ2v) is 4.81. The lowest BCUT2D eigenvalue weighted by Gasteiger charge is -2.16. The molecule has 0 atom stereocenters. The number of alkyl halides is 3. The maximum absolute atomic E-state index is 12.7. The zero-order chi connectivity index (χ0) is 15.5. The SMILES string of the molecule is N#Cc1cc(NCC(=O)N2CCCC2)ccc1C(F)(F)F. The van der Waals surface area contributed by atoms with E-state index in [1.807, 2.05) is 0 Å². The molecule has 1 N–H and O–H groups in total. The molecule has 2 rings (SSSR count). The molecule has 21 heavy (non-hydrogen) atoms. The van der Waals surface area contributed by atoms with E-state index < -0.39 is 17.3 Å². The Hall–Kier alpha value is -2.23. The van der Waals surface area contributed by atoms with Crippen LogP contribution in [0.4, 0.5) is 18.9 Å².